The van der Waals surface area contributed by atoms with E-state index in [2.05, 4.69) is 4.72 Å². The number of rotatable bonds is 8. The second-order valence-electron chi connectivity index (χ2n) is 4.63. The summed E-state index contributed by atoms with van der Waals surface area (Å²) in [7, 11) is -2.47. The molecule has 0 aliphatic heterocycles. The Kier molecular flexibility index (Phi) is 6.10. The second-order valence-corrected chi connectivity index (χ2v) is 6.39. The number of nitrogens with one attached hydrogen (secondary N) is 1. The molecule has 0 radical (unpaired) electrons. The SMILES string of the molecule is CCC(CC)CNS(=O)(=O)c1ccc(OC)c([N+](=O)[O-])c1. The lowest BCUT2D eigenvalue weighted by atomic mass is 10.0. The van der Waals surface area contributed by atoms with Crippen LogP contribution in [0.15, 0.2) is 23.1 Å². The van der Waals surface area contributed by atoms with Gasteiger partial charge in [-0.2, -0.15) is 0 Å². The summed E-state index contributed by atoms with van der Waals surface area (Å²) >= 11 is 0. The number of sulfonamides is 1. The maximum Gasteiger partial charge on any atom is 0.312 e. The van der Waals surface area contributed by atoms with E-state index in [4.69, 9.17) is 4.74 Å². The van der Waals surface area contributed by atoms with Gasteiger partial charge in [0.25, 0.3) is 0 Å². The van der Waals surface area contributed by atoms with Crippen LogP contribution in [0.5, 0.6) is 5.75 Å². The number of hydrogen-bond donors (Lipinski definition) is 1. The Labute approximate surface area is 124 Å². The minimum absolute atomic E-state index is 0.0268. The number of nitro benzene ring substituents is 1. The molecule has 1 aromatic carbocycles. The predicted octanol–water partition coefficient (Wildman–Crippen LogP) is 2.32. The fourth-order valence-corrected chi connectivity index (χ4v) is 3.00. The smallest absolute Gasteiger partial charge is 0.312 e. The number of hydrogen-bond acceptors (Lipinski definition) is 5. The molecule has 21 heavy (non-hydrogen) atoms. The van der Waals surface area contributed by atoms with E-state index in [9.17, 15) is 18.5 Å². The van der Waals surface area contributed by atoms with E-state index < -0.39 is 14.9 Å². The fraction of sp³-hybridized carbons (Fsp3) is 0.538. The van der Waals surface area contributed by atoms with Crippen molar-refractivity contribution in [1.82, 2.24) is 4.72 Å². The van der Waals surface area contributed by atoms with Gasteiger partial charge in [-0.05, 0) is 18.1 Å². The number of nitrogens with zero attached hydrogens (tertiary/aromatic N) is 1. The van der Waals surface area contributed by atoms with Gasteiger partial charge < -0.3 is 4.74 Å². The normalized spacial score (nSPS) is 11.6. The molecule has 0 aromatic heterocycles. The highest BCUT2D eigenvalue weighted by molar-refractivity contribution is 7.89. The summed E-state index contributed by atoms with van der Waals surface area (Å²) in [6.45, 7) is 4.29. The molecule has 1 aromatic rings. The van der Waals surface area contributed by atoms with E-state index in [1.165, 1.54) is 19.2 Å². The third-order valence-electron chi connectivity index (χ3n) is 3.37. The largest absolute Gasteiger partial charge is 0.490 e. The Morgan fingerprint density at radius 2 is 1.95 bits per heavy atom. The maximum absolute atomic E-state index is 12.2. The van der Waals surface area contributed by atoms with Crippen LogP contribution in [-0.4, -0.2) is 27.0 Å². The van der Waals surface area contributed by atoms with Crippen molar-refractivity contribution in [2.75, 3.05) is 13.7 Å². The van der Waals surface area contributed by atoms with Crippen molar-refractivity contribution >= 4 is 15.7 Å². The van der Waals surface area contributed by atoms with Gasteiger partial charge in [-0.1, -0.05) is 26.7 Å². The Hall–Kier alpha value is -1.67. The van der Waals surface area contributed by atoms with Crippen LogP contribution in [0.25, 0.3) is 0 Å². The van der Waals surface area contributed by atoms with Crippen LogP contribution >= 0.6 is 0 Å². The van der Waals surface area contributed by atoms with Crippen LogP contribution in [0, 0.1) is 16.0 Å². The molecule has 0 spiro atoms. The third-order valence-corrected chi connectivity index (χ3v) is 4.80. The van der Waals surface area contributed by atoms with E-state index in [1.54, 1.807) is 0 Å². The maximum atomic E-state index is 12.2. The van der Waals surface area contributed by atoms with Crippen molar-refractivity contribution in [3.8, 4) is 5.75 Å². The van der Waals surface area contributed by atoms with Gasteiger partial charge in [-0.25, -0.2) is 13.1 Å². The molecule has 0 saturated heterocycles. The van der Waals surface area contributed by atoms with Crippen LogP contribution in [0.1, 0.15) is 26.7 Å². The van der Waals surface area contributed by atoms with Gasteiger partial charge in [0.2, 0.25) is 10.0 Å². The van der Waals surface area contributed by atoms with Gasteiger partial charge in [0, 0.05) is 12.6 Å². The van der Waals surface area contributed by atoms with E-state index in [0.29, 0.717) is 6.54 Å². The molecular formula is C13H20N2O5S. The number of methoxy groups -OCH3 is 1. The van der Waals surface area contributed by atoms with Crippen molar-refractivity contribution in [2.24, 2.45) is 5.92 Å². The van der Waals surface area contributed by atoms with Gasteiger partial charge in [0.05, 0.1) is 16.9 Å². The minimum Gasteiger partial charge on any atom is -0.490 e. The van der Waals surface area contributed by atoms with Gasteiger partial charge in [-0.15, -0.1) is 0 Å². The Morgan fingerprint density at radius 1 is 1.33 bits per heavy atom. The van der Waals surface area contributed by atoms with E-state index in [1.807, 2.05) is 13.8 Å². The number of nitro groups is 1. The predicted molar refractivity (Wildman–Crippen MR) is 78.9 cm³/mol. The first kappa shape index (κ1) is 17.4. The summed E-state index contributed by atoms with van der Waals surface area (Å²) in [4.78, 5) is 10.1. The summed E-state index contributed by atoms with van der Waals surface area (Å²) in [5.41, 5.74) is -0.372. The van der Waals surface area contributed by atoms with Crippen LogP contribution in [0.4, 0.5) is 5.69 Å². The first-order valence-corrected chi connectivity index (χ1v) is 8.16. The highest BCUT2D eigenvalue weighted by atomic mass is 32.2. The zero-order chi connectivity index (χ0) is 16.0. The Morgan fingerprint density at radius 3 is 2.43 bits per heavy atom. The molecule has 0 fully saturated rings. The molecule has 0 unspecified atom stereocenters. The van der Waals surface area contributed by atoms with Crippen LogP contribution in [0.3, 0.4) is 0 Å². The molecule has 7 nitrogen and oxygen atoms in total. The molecule has 1 rings (SSSR count). The van der Waals surface area contributed by atoms with Crippen LogP contribution in [-0.2, 0) is 10.0 Å². The third kappa shape index (κ3) is 4.40. The summed E-state index contributed by atoms with van der Waals surface area (Å²) in [6, 6.07) is 3.58. The van der Waals surface area contributed by atoms with Crippen LogP contribution < -0.4 is 9.46 Å². The van der Waals surface area contributed by atoms with Crippen LogP contribution in [0.2, 0.25) is 0 Å². The topological polar surface area (TPSA) is 98.5 Å². The molecule has 0 heterocycles. The number of ether oxygens (including phenoxy) is 1. The summed E-state index contributed by atoms with van der Waals surface area (Å²) in [6.07, 6.45) is 1.73. The van der Waals surface area contributed by atoms with Crippen molar-refractivity contribution < 1.29 is 18.1 Å². The molecule has 0 aliphatic rings. The number of benzene rings is 1. The standard InChI is InChI=1S/C13H20N2O5S/c1-4-10(5-2)9-14-21(18,19)11-6-7-13(20-3)12(8-11)15(16)17/h6-8,10,14H,4-5,9H2,1-3H3. The molecule has 1 N–H and O–H groups in total. The minimum atomic E-state index is -3.77. The molecule has 8 heteroatoms. The molecule has 0 amide bonds. The molecule has 0 aliphatic carbocycles. The first-order chi connectivity index (χ1) is 9.85. The molecule has 0 saturated carbocycles. The van der Waals surface area contributed by atoms with Crippen molar-refractivity contribution in [3.63, 3.8) is 0 Å². The first-order valence-electron chi connectivity index (χ1n) is 6.67. The molecule has 118 valence electrons. The zero-order valence-electron chi connectivity index (χ0n) is 12.3. The lowest BCUT2D eigenvalue weighted by molar-refractivity contribution is -0.386. The summed E-state index contributed by atoms with van der Waals surface area (Å²) in [5.74, 6) is 0.270. The van der Waals surface area contributed by atoms with E-state index in [0.717, 1.165) is 18.9 Å². The lowest BCUT2D eigenvalue weighted by Crippen LogP contribution is -2.29. The van der Waals surface area contributed by atoms with Gasteiger partial charge in [0.1, 0.15) is 0 Å². The van der Waals surface area contributed by atoms with E-state index >= 15 is 0 Å². The average Bonchev–Trinajstić information content (AvgIpc) is 2.47. The zero-order valence-corrected chi connectivity index (χ0v) is 13.1. The highest BCUT2D eigenvalue weighted by Gasteiger charge is 2.22. The second kappa shape index (κ2) is 7.37. The summed E-state index contributed by atoms with van der Waals surface area (Å²) < 4.78 is 31.7. The van der Waals surface area contributed by atoms with E-state index in [-0.39, 0.29) is 22.3 Å². The lowest BCUT2D eigenvalue weighted by Gasteiger charge is -2.13. The monoisotopic (exact) mass is 316 g/mol. The average molecular weight is 316 g/mol. The molecular weight excluding hydrogens is 296 g/mol. The van der Waals surface area contributed by atoms with Crippen molar-refractivity contribution in [1.29, 1.82) is 0 Å². The summed E-state index contributed by atoms with van der Waals surface area (Å²) in [5, 5.41) is 10.9. The molecule has 0 atom stereocenters. The van der Waals surface area contributed by atoms with Gasteiger partial charge in [0.15, 0.2) is 5.75 Å². The molecule has 0 bridgehead atoms. The van der Waals surface area contributed by atoms with Crippen molar-refractivity contribution in [3.05, 3.63) is 28.3 Å². The van der Waals surface area contributed by atoms with Crippen molar-refractivity contribution in [2.45, 2.75) is 31.6 Å². The Bertz CT molecular complexity index is 597. The van der Waals surface area contributed by atoms with Gasteiger partial charge in [-0.3, -0.25) is 10.1 Å². The highest BCUT2D eigenvalue weighted by Crippen LogP contribution is 2.29. The quantitative estimate of drug-likeness (QED) is 0.586. The fourth-order valence-electron chi connectivity index (χ4n) is 1.87. The van der Waals surface area contributed by atoms with Gasteiger partial charge >= 0.3 is 5.69 Å². The Balaban J connectivity index is 3.03.